The minimum absolute atomic E-state index is 0.577. The third-order valence-electron chi connectivity index (χ3n) is 4.07. The zero-order valence-corrected chi connectivity index (χ0v) is 12.6. The van der Waals surface area contributed by atoms with Gasteiger partial charge in [0, 0.05) is 25.0 Å². The molecule has 0 aliphatic carbocycles. The van der Waals surface area contributed by atoms with E-state index in [1.807, 2.05) is 6.07 Å². The van der Waals surface area contributed by atoms with Gasteiger partial charge in [-0.05, 0) is 50.9 Å². The number of piperidine rings is 1. The summed E-state index contributed by atoms with van der Waals surface area (Å²) in [7, 11) is 0. The molecule has 1 fully saturated rings. The van der Waals surface area contributed by atoms with Gasteiger partial charge in [0.15, 0.2) is 0 Å². The second-order valence-corrected chi connectivity index (χ2v) is 6.20. The molecule has 0 saturated carbocycles. The van der Waals surface area contributed by atoms with Crippen LogP contribution < -0.4 is 5.32 Å². The summed E-state index contributed by atoms with van der Waals surface area (Å²) < 4.78 is 5.46. The predicted octanol–water partition coefficient (Wildman–Crippen LogP) is 2.92. The Morgan fingerprint density at radius 1 is 1.42 bits per heavy atom. The van der Waals surface area contributed by atoms with Gasteiger partial charge in [0.2, 0.25) is 0 Å². The van der Waals surface area contributed by atoms with E-state index in [1.165, 1.54) is 25.9 Å². The second-order valence-electron chi connectivity index (χ2n) is 6.20. The summed E-state index contributed by atoms with van der Waals surface area (Å²) in [5.41, 5.74) is 0. The first-order chi connectivity index (χ1) is 9.15. The molecule has 1 aromatic rings. The quantitative estimate of drug-likeness (QED) is 0.856. The first kappa shape index (κ1) is 14.6. The third kappa shape index (κ3) is 4.66. The normalized spacial score (nSPS) is 22.8. The van der Waals surface area contributed by atoms with E-state index < -0.39 is 0 Å². The van der Waals surface area contributed by atoms with Crippen molar-refractivity contribution in [3.8, 4) is 0 Å². The maximum Gasteiger partial charge on any atom is 0.105 e. The average molecular weight is 264 g/mol. The number of rotatable bonds is 6. The van der Waals surface area contributed by atoms with E-state index in [0.29, 0.717) is 12.1 Å². The van der Waals surface area contributed by atoms with E-state index in [1.54, 1.807) is 6.26 Å². The van der Waals surface area contributed by atoms with Gasteiger partial charge in [-0.15, -0.1) is 0 Å². The van der Waals surface area contributed by atoms with Crippen molar-refractivity contribution in [1.82, 2.24) is 10.2 Å². The Kier molecular flexibility index (Phi) is 5.46. The molecular weight excluding hydrogens is 236 g/mol. The van der Waals surface area contributed by atoms with Crippen molar-refractivity contribution in [2.45, 2.75) is 52.1 Å². The Labute approximate surface area is 117 Å². The summed E-state index contributed by atoms with van der Waals surface area (Å²) in [6, 6.07) is 5.23. The van der Waals surface area contributed by atoms with Crippen LogP contribution in [0.3, 0.4) is 0 Å². The first-order valence-corrected chi connectivity index (χ1v) is 7.65. The highest BCUT2D eigenvalue weighted by Crippen LogP contribution is 2.20. The average Bonchev–Trinajstić information content (AvgIpc) is 2.89. The van der Waals surface area contributed by atoms with Gasteiger partial charge in [0.05, 0.1) is 6.26 Å². The van der Waals surface area contributed by atoms with Gasteiger partial charge in [-0.25, -0.2) is 0 Å². The van der Waals surface area contributed by atoms with Crippen LogP contribution in [0, 0.1) is 5.92 Å². The fraction of sp³-hybridized carbons (Fsp3) is 0.750. The molecule has 0 amide bonds. The zero-order chi connectivity index (χ0) is 13.7. The van der Waals surface area contributed by atoms with Crippen molar-refractivity contribution in [3.05, 3.63) is 24.2 Å². The van der Waals surface area contributed by atoms with Crippen LogP contribution in [-0.2, 0) is 6.42 Å². The van der Waals surface area contributed by atoms with Gasteiger partial charge in [0.25, 0.3) is 0 Å². The van der Waals surface area contributed by atoms with Crippen LogP contribution in [0.25, 0.3) is 0 Å². The molecule has 1 aliphatic rings. The van der Waals surface area contributed by atoms with Crippen LogP contribution >= 0.6 is 0 Å². The van der Waals surface area contributed by atoms with Gasteiger partial charge in [0.1, 0.15) is 5.76 Å². The summed E-state index contributed by atoms with van der Waals surface area (Å²) in [5, 5.41) is 3.58. The van der Waals surface area contributed by atoms with Crippen LogP contribution in [0.5, 0.6) is 0 Å². The maximum absolute atomic E-state index is 5.46. The molecule has 3 heteroatoms. The molecule has 0 aromatic carbocycles. The highest BCUT2D eigenvalue weighted by atomic mass is 16.3. The number of nitrogens with one attached hydrogen (secondary N) is 1. The number of furan rings is 1. The lowest BCUT2D eigenvalue weighted by molar-refractivity contribution is 0.126. The van der Waals surface area contributed by atoms with Crippen LogP contribution in [-0.4, -0.2) is 36.6 Å². The molecule has 19 heavy (non-hydrogen) atoms. The predicted molar refractivity (Wildman–Crippen MR) is 79.3 cm³/mol. The molecule has 2 rings (SSSR count). The van der Waals surface area contributed by atoms with Gasteiger partial charge in [-0.2, -0.15) is 0 Å². The van der Waals surface area contributed by atoms with Crippen molar-refractivity contribution >= 4 is 0 Å². The smallest absolute Gasteiger partial charge is 0.105 e. The number of hydrogen-bond acceptors (Lipinski definition) is 3. The fourth-order valence-corrected chi connectivity index (χ4v) is 2.92. The summed E-state index contributed by atoms with van der Waals surface area (Å²) in [6.07, 6.45) is 5.49. The minimum Gasteiger partial charge on any atom is -0.469 e. The van der Waals surface area contributed by atoms with Crippen LogP contribution in [0.15, 0.2) is 22.8 Å². The lowest BCUT2D eigenvalue weighted by Crippen LogP contribution is -2.45. The van der Waals surface area contributed by atoms with E-state index in [2.05, 4.69) is 37.1 Å². The highest BCUT2D eigenvalue weighted by molar-refractivity contribution is 5.00. The van der Waals surface area contributed by atoms with E-state index in [-0.39, 0.29) is 0 Å². The molecule has 0 bridgehead atoms. The van der Waals surface area contributed by atoms with Gasteiger partial charge < -0.3 is 9.73 Å². The van der Waals surface area contributed by atoms with Crippen molar-refractivity contribution in [2.24, 2.45) is 5.92 Å². The lowest BCUT2D eigenvalue weighted by Gasteiger charge is -2.37. The Balaban J connectivity index is 1.79. The van der Waals surface area contributed by atoms with E-state index >= 15 is 0 Å². The molecule has 108 valence electrons. The van der Waals surface area contributed by atoms with Crippen molar-refractivity contribution in [1.29, 1.82) is 0 Å². The standard InChI is InChI=1S/C16H28N2O/c1-13(2)17-11-15-6-4-8-18(12-15)14(3)10-16-7-5-9-19-16/h5,7,9,13-15,17H,4,6,8,10-12H2,1-3H3. The monoisotopic (exact) mass is 264 g/mol. The maximum atomic E-state index is 5.46. The summed E-state index contributed by atoms with van der Waals surface area (Å²) in [6.45, 7) is 10.4. The van der Waals surface area contributed by atoms with Crippen LogP contribution in [0.2, 0.25) is 0 Å². The van der Waals surface area contributed by atoms with Crippen molar-refractivity contribution in [2.75, 3.05) is 19.6 Å². The Hall–Kier alpha value is -0.800. The Bertz CT molecular complexity index is 348. The van der Waals surface area contributed by atoms with Crippen molar-refractivity contribution < 1.29 is 4.42 Å². The third-order valence-corrected chi connectivity index (χ3v) is 4.07. The number of nitrogens with zero attached hydrogens (tertiary/aromatic N) is 1. The SMILES string of the molecule is CC(C)NCC1CCCN(C(C)Cc2ccco2)C1. The van der Waals surface area contributed by atoms with Crippen LogP contribution in [0.1, 0.15) is 39.4 Å². The molecule has 0 radical (unpaired) electrons. The molecule has 3 nitrogen and oxygen atoms in total. The molecule has 2 unspecified atom stereocenters. The number of hydrogen-bond donors (Lipinski definition) is 1. The van der Waals surface area contributed by atoms with Gasteiger partial charge in [-0.1, -0.05) is 13.8 Å². The molecule has 1 aromatic heterocycles. The number of likely N-dealkylation sites (tertiary alicyclic amines) is 1. The fourth-order valence-electron chi connectivity index (χ4n) is 2.92. The van der Waals surface area contributed by atoms with Crippen molar-refractivity contribution in [3.63, 3.8) is 0 Å². The molecule has 2 heterocycles. The molecule has 0 spiro atoms. The van der Waals surface area contributed by atoms with E-state index in [0.717, 1.165) is 24.6 Å². The van der Waals surface area contributed by atoms with E-state index in [4.69, 9.17) is 4.42 Å². The minimum atomic E-state index is 0.577. The topological polar surface area (TPSA) is 28.4 Å². The molecule has 2 atom stereocenters. The second kappa shape index (κ2) is 7.11. The summed E-state index contributed by atoms with van der Waals surface area (Å²) in [4.78, 5) is 2.62. The Morgan fingerprint density at radius 2 is 2.26 bits per heavy atom. The molecule has 1 aliphatic heterocycles. The van der Waals surface area contributed by atoms with Gasteiger partial charge >= 0.3 is 0 Å². The molecule has 1 saturated heterocycles. The molecular formula is C16H28N2O. The van der Waals surface area contributed by atoms with Gasteiger partial charge in [-0.3, -0.25) is 4.90 Å². The lowest BCUT2D eigenvalue weighted by atomic mass is 9.96. The van der Waals surface area contributed by atoms with Crippen LogP contribution in [0.4, 0.5) is 0 Å². The summed E-state index contributed by atoms with van der Waals surface area (Å²) >= 11 is 0. The first-order valence-electron chi connectivity index (χ1n) is 7.65. The largest absolute Gasteiger partial charge is 0.469 e. The molecule has 1 N–H and O–H groups in total. The summed E-state index contributed by atoms with van der Waals surface area (Å²) in [5.74, 6) is 1.91. The Morgan fingerprint density at radius 3 is 2.95 bits per heavy atom. The zero-order valence-electron chi connectivity index (χ0n) is 12.6. The van der Waals surface area contributed by atoms with E-state index in [9.17, 15) is 0 Å². The highest BCUT2D eigenvalue weighted by Gasteiger charge is 2.24.